The van der Waals surface area contributed by atoms with Crippen molar-refractivity contribution in [2.24, 2.45) is 0 Å². The molecule has 0 nitrogen and oxygen atoms in total. The van der Waals surface area contributed by atoms with Crippen LogP contribution in [0.25, 0.3) is 10.8 Å². The summed E-state index contributed by atoms with van der Waals surface area (Å²) < 4.78 is -1.40. The zero-order valence-electron chi connectivity index (χ0n) is 10.5. The van der Waals surface area contributed by atoms with Crippen molar-refractivity contribution in [3.05, 3.63) is 66.7 Å². The van der Waals surface area contributed by atoms with E-state index >= 15 is 0 Å². The van der Waals surface area contributed by atoms with Crippen LogP contribution in [0, 0.1) is 0 Å². The fourth-order valence-electron chi connectivity index (χ4n) is 2.42. The van der Waals surface area contributed by atoms with E-state index in [-0.39, 0.29) is 0 Å². The summed E-state index contributed by atoms with van der Waals surface area (Å²) in [6.07, 6.45) is 0. The van der Waals surface area contributed by atoms with Gasteiger partial charge in [0.15, 0.2) is 0 Å². The summed E-state index contributed by atoms with van der Waals surface area (Å²) in [5, 5.41) is 4.20. The van der Waals surface area contributed by atoms with Gasteiger partial charge in [-0.15, -0.1) is 0 Å². The Morgan fingerprint density at radius 1 is 0.700 bits per heavy atom. The van der Waals surface area contributed by atoms with Crippen molar-refractivity contribution in [2.45, 2.75) is 9.79 Å². The molecule has 0 aromatic heterocycles. The molecule has 0 unspecified atom stereocenters. The Morgan fingerprint density at radius 2 is 1.30 bits per heavy atom. The molecular weight excluding hydrogens is 366 g/mol. The first-order chi connectivity index (χ1) is 9.76. The monoisotopic (exact) mass is 378 g/mol. The molecule has 0 aliphatic carbocycles. The Bertz CT molecular complexity index is 801. The van der Waals surface area contributed by atoms with E-state index in [2.05, 4.69) is 81.8 Å². The fraction of sp³-hybridized carbons (Fsp3) is 0. The molecule has 98 valence electrons. The van der Waals surface area contributed by atoms with Crippen molar-refractivity contribution in [1.29, 1.82) is 0 Å². The van der Waals surface area contributed by atoms with E-state index in [0.717, 1.165) is 0 Å². The topological polar surface area (TPSA) is 0 Å². The third kappa shape index (κ3) is 2.13. The molecular formula is C16H11PS2Se. The Hall–Kier alpha value is -0.431. The van der Waals surface area contributed by atoms with Crippen LogP contribution in [0.3, 0.4) is 0 Å². The molecule has 3 aromatic carbocycles. The van der Waals surface area contributed by atoms with Crippen molar-refractivity contribution in [1.82, 2.24) is 0 Å². The molecule has 20 heavy (non-hydrogen) atoms. The van der Waals surface area contributed by atoms with Crippen LogP contribution in [-0.4, -0.2) is 15.1 Å². The van der Waals surface area contributed by atoms with E-state index in [1.54, 1.807) is 0 Å². The molecule has 1 aliphatic heterocycles. The van der Waals surface area contributed by atoms with E-state index in [9.17, 15) is 0 Å². The number of rotatable bonds is 1. The summed E-state index contributed by atoms with van der Waals surface area (Å²) in [4.78, 5) is 2.82. The first kappa shape index (κ1) is 13.2. The Balaban J connectivity index is 1.94. The van der Waals surface area contributed by atoms with Crippen LogP contribution in [0.15, 0.2) is 76.5 Å². The summed E-state index contributed by atoms with van der Waals surface area (Å²) in [5.74, 6) is 0. The van der Waals surface area contributed by atoms with Crippen LogP contribution in [0.2, 0.25) is 0 Å². The minimum atomic E-state index is -1.40. The molecule has 0 N–H and O–H groups in total. The van der Waals surface area contributed by atoms with Crippen LogP contribution in [-0.2, 0) is 0 Å². The Kier molecular flexibility index (Phi) is 3.37. The minimum absolute atomic E-state index is 1.35. The van der Waals surface area contributed by atoms with Gasteiger partial charge in [-0.05, 0) is 0 Å². The van der Waals surface area contributed by atoms with Gasteiger partial charge in [-0.25, -0.2) is 0 Å². The average Bonchev–Trinajstić information content (AvgIpc) is 2.48. The molecule has 0 atom stereocenters. The van der Waals surface area contributed by atoms with Crippen LogP contribution < -0.4 is 5.30 Å². The van der Waals surface area contributed by atoms with Gasteiger partial charge >= 0.3 is 134 Å². The first-order valence-corrected chi connectivity index (χ1v) is 13.2. The molecule has 0 amide bonds. The quantitative estimate of drug-likeness (QED) is 0.417. The third-order valence-electron chi connectivity index (χ3n) is 3.34. The van der Waals surface area contributed by atoms with Gasteiger partial charge < -0.3 is 0 Å². The predicted molar refractivity (Wildman–Crippen MR) is 94.4 cm³/mol. The van der Waals surface area contributed by atoms with Crippen molar-refractivity contribution >= 4 is 57.9 Å². The van der Waals surface area contributed by atoms with Crippen molar-refractivity contribution in [3.8, 4) is 0 Å². The predicted octanol–water partition coefficient (Wildman–Crippen LogP) is 5.29. The van der Waals surface area contributed by atoms with E-state index in [1.165, 1.54) is 25.9 Å². The van der Waals surface area contributed by atoms with E-state index in [0.29, 0.717) is 0 Å². The molecule has 0 fully saturated rings. The summed E-state index contributed by atoms with van der Waals surface area (Å²) in [7, 11) is 0. The zero-order chi connectivity index (χ0) is 13.6. The number of hydrogen-bond donors (Lipinski definition) is 0. The second-order valence-corrected chi connectivity index (χ2v) is 19.0. The van der Waals surface area contributed by atoms with Gasteiger partial charge in [-0.3, -0.25) is 0 Å². The standard InChI is InChI=1S/C16H11PS2Se/c20-17(13-8-2-1-3-9-13)18-14-10-4-6-12-7-5-11-15(19-17)16(12)14/h1-11H. The molecule has 0 spiro atoms. The van der Waals surface area contributed by atoms with Crippen molar-refractivity contribution in [2.75, 3.05) is 0 Å². The zero-order valence-corrected chi connectivity index (χ0v) is 14.8. The second-order valence-electron chi connectivity index (χ2n) is 4.63. The molecule has 4 rings (SSSR count). The summed E-state index contributed by atoms with van der Waals surface area (Å²) in [6, 6.07) is 24.1. The first-order valence-electron chi connectivity index (χ1n) is 6.33. The van der Waals surface area contributed by atoms with Gasteiger partial charge in [0, 0.05) is 0 Å². The molecule has 0 bridgehead atoms. The van der Waals surface area contributed by atoms with E-state index in [4.69, 9.17) is 0 Å². The summed E-state index contributed by atoms with van der Waals surface area (Å²) in [6.45, 7) is 0. The fourth-order valence-corrected chi connectivity index (χ4v) is 14.2. The van der Waals surface area contributed by atoms with Crippen LogP contribution >= 0.6 is 26.7 Å². The molecule has 1 aliphatic rings. The molecule has 1 heterocycles. The maximum absolute atomic E-state index is 3.53. The van der Waals surface area contributed by atoms with Crippen LogP contribution in [0.1, 0.15) is 0 Å². The third-order valence-corrected chi connectivity index (χ3v) is 15.2. The van der Waals surface area contributed by atoms with Gasteiger partial charge in [-0.2, -0.15) is 0 Å². The Labute approximate surface area is 134 Å². The van der Waals surface area contributed by atoms with Crippen molar-refractivity contribution < 1.29 is 0 Å². The van der Waals surface area contributed by atoms with E-state index < -0.39 is 3.91 Å². The summed E-state index contributed by atoms with van der Waals surface area (Å²) in [5.41, 5.74) is 0. The normalized spacial score (nSPS) is 16.2. The molecule has 0 saturated heterocycles. The van der Waals surface area contributed by atoms with E-state index in [1.807, 2.05) is 22.8 Å². The average molecular weight is 377 g/mol. The van der Waals surface area contributed by atoms with Gasteiger partial charge in [0.2, 0.25) is 0 Å². The SMILES string of the molecule is [Se]=P1(c2ccccc2)Sc2cccc3cccc(c23)S1. The second kappa shape index (κ2) is 5.09. The van der Waals surface area contributed by atoms with Gasteiger partial charge in [0.05, 0.1) is 0 Å². The molecule has 4 heteroatoms. The van der Waals surface area contributed by atoms with Crippen LogP contribution in [0.5, 0.6) is 0 Å². The number of hydrogen-bond acceptors (Lipinski definition) is 2. The Morgan fingerprint density at radius 3 is 1.90 bits per heavy atom. The van der Waals surface area contributed by atoms with Gasteiger partial charge in [0.1, 0.15) is 0 Å². The number of benzene rings is 3. The van der Waals surface area contributed by atoms with Crippen molar-refractivity contribution in [3.63, 3.8) is 0 Å². The van der Waals surface area contributed by atoms with Gasteiger partial charge in [0.25, 0.3) is 0 Å². The van der Waals surface area contributed by atoms with Gasteiger partial charge in [-0.1, -0.05) is 0 Å². The summed E-state index contributed by atoms with van der Waals surface area (Å²) >= 11 is 7.58. The molecule has 0 radical (unpaired) electrons. The maximum atomic E-state index is 3.53. The van der Waals surface area contributed by atoms with Crippen LogP contribution in [0.4, 0.5) is 0 Å². The molecule has 3 aromatic rings. The molecule has 0 saturated carbocycles.